The van der Waals surface area contributed by atoms with Gasteiger partial charge in [0.1, 0.15) is 0 Å². The quantitative estimate of drug-likeness (QED) is 0.767. The van der Waals surface area contributed by atoms with Crippen LogP contribution in [-0.2, 0) is 6.42 Å². The molecular weight excluding hydrogens is 222 g/mol. The van der Waals surface area contributed by atoms with Gasteiger partial charge in [0.05, 0.1) is 11.8 Å². The SMILES string of the molecule is OC1C=C(C2CCCc3cccnc32)CCCC1. The van der Waals surface area contributed by atoms with Crippen molar-refractivity contribution < 1.29 is 5.11 Å². The fraction of sp³-hybridized carbons (Fsp3) is 0.562. The molecule has 0 spiro atoms. The van der Waals surface area contributed by atoms with Crippen molar-refractivity contribution >= 4 is 0 Å². The molecule has 0 fully saturated rings. The molecule has 0 saturated carbocycles. The van der Waals surface area contributed by atoms with Gasteiger partial charge in [-0.25, -0.2) is 0 Å². The summed E-state index contributed by atoms with van der Waals surface area (Å²) in [5.74, 6) is 0.461. The Bertz CT molecular complexity index is 452. The van der Waals surface area contributed by atoms with Crippen molar-refractivity contribution in [1.82, 2.24) is 4.98 Å². The van der Waals surface area contributed by atoms with Gasteiger partial charge in [-0.1, -0.05) is 24.1 Å². The molecule has 0 radical (unpaired) electrons. The van der Waals surface area contributed by atoms with E-state index in [1.54, 1.807) is 0 Å². The number of fused-ring (bicyclic) bond motifs is 1. The van der Waals surface area contributed by atoms with E-state index in [-0.39, 0.29) is 6.10 Å². The summed E-state index contributed by atoms with van der Waals surface area (Å²) in [6.45, 7) is 0. The van der Waals surface area contributed by atoms with Gasteiger partial charge in [-0.05, 0) is 50.2 Å². The topological polar surface area (TPSA) is 33.1 Å². The Morgan fingerprint density at radius 2 is 2.06 bits per heavy atom. The minimum absolute atomic E-state index is 0.239. The molecule has 2 heteroatoms. The summed E-state index contributed by atoms with van der Waals surface area (Å²) in [6, 6.07) is 4.25. The normalized spacial score (nSPS) is 28.2. The van der Waals surface area contributed by atoms with Gasteiger partial charge in [0, 0.05) is 12.1 Å². The predicted octanol–water partition coefficient (Wildman–Crippen LogP) is 3.36. The second-order valence-electron chi connectivity index (χ2n) is 5.55. The Hall–Kier alpha value is -1.15. The molecule has 1 aromatic rings. The zero-order chi connectivity index (χ0) is 12.4. The van der Waals surface area contributed by atoms with Crippen molar-refractivity contribution in [1.29, 1.82) is 0 Å². The monoisotopic (exact) mass is 243 g/mol. The Labute approximate surface area is 109 Å². The summed E-state index contributed by atoms with van der Waals surface area (Å²) >= 11 is 0. The first kappa shape index (κ1) is 11.9. The molecule has 0 aromatic carbocycles. The van der Waals surface area contributed by atoms with E-state index in [1.165, 1.54) is 36.1 Å². The van der Waals surface area contributed by atoms with Crippen LogP contribution in [0.25, 0.3) is 0 Å². The first-order valence-electron chi connectivity index (χ1n) is 7.17. The van der Waals surface area contributed by atoms with Crippen LogP contribution in [0.1, 0.15) is 55.7 Å². The van der Waals surface area contributed by atoms with Crippen LogP contribution >= 0.6 is 0 Å². The Morgan fingerprint density at radius 1 is 1.11 bits per heavy atom. The summed E-state index contributed by atoms with van der Waals surface area (Å²) in [5, 5.41) is 9.94. The number of allylic oxidation sites excluding steroid dienone is 1. The van der Waals surface area contributed by atoms with Gasteiger partial charge < -0.3 is 5.11 Å². The van der Waals surface area contributed by atoms with E-state index in [2.05, 4.69) is 17.1 Å². The second-order valence-corrected chi connectivity index (χ2v) is 5.55. The smallest absolute Gasteiger partial charge is 0.0723 e. The minimum atomic E-state index is -0.239. The highest BCUT2D eigenvalue weighted by molar-refractivity contribution is 5.33. The maximum Gasteiger partial charge on any atom is 0.0723 e. The molecule has 2 aliphatic carbocycles. The molecule has 0 bridgehead atoms. The number of aliphatic hydroxyl groups excluding tert-OH is 1. The van der Waals surface area contributed by atoms with Crippen LogP contribution in [0.2, 0.25) is 0 Å². The largest absolute Gasteiger partial charge is 0.389 e. The van der Waals surface area contributed by atoms with Gasteiger partial charge in [-0.2, -0.15) is 0 Å². The third kappa shape index (κ3) is 2.35. The average Bonchev–Trinajstić information content (AvgIpc) is 2.63. The zero-order valence-corrected chi connectivity index (χ0v) is 10.8. The average molecular weight is 243 g/mol. The van der Waals surface area contributed by atoms with Gasteiger partial charge in [0.25, 0.3) is 0 Å². The van der Waals surface area contributed by atoms with Crippen molar-refractivity contribution in [2.24, 2.45) is 0 Å². The van der Waals surface area contributed by atoms with E-state index in [0.717, 1.165) is 25.7 Å². The molecule has 0 amide bonds. The minimum Gasteiger partial charge on any atom is -0.389 e. The van der Waals surface area contributed by atoms with Gasteiger partial charge in [0.15, 0.2) is 0 Å². The fourth-order valence-electron chi connectivity index (χ4n) is 3.36. The van der Waals surface area contributed by atoms with E-state index in [1.807, 2.05) is 12.3 Å². The summed E-state index contributed by atoms with van der Waals surface area (Å²) in [5.41, 5.74) is 4.11. The lowest BCUT2D eigenvalue weighted by Crippen LogP contribution is -2.14. The third-order valence-corrected chi connectivity index (χ3v) is 4.26. The molecular formula is C16H21NO. The molecule has 1 heterocycles. The zero-order valence-electron chi connectivity index (χ0n) is 10.8. The van der Waals surface area contributed by atoms with Gasteiger partial charge in [-0.3, -0.25) is 4.98 Å². The maximum absolute atomic E-state index is 9.94. The number of aliphatic hydroxyl groups is 1. The van der Waals surface area contributed by atoms with Crippen molar-refractivity contribution in [3.63, 3.8) is 0 Å². The van der Waals surface area contributed by atoms with Crippen molar-refractivity contribution in [3.8, 4) is 0 Å². The molecule has 2 atom stereocenters. The highest BCUT2D eigenvalue weighted by Gasteiger charge is 2.25. The first-order valence-corrected chi connectivity index (χ1v) is 7.17. The highest BCUT2D eigenvalue weighted by atomic mass is 16.3. The van der Waals surface area contributed by atoms with Gasteiger partial charge >= 0.3 is 0 Å². The fourth-order valence-corrected chi connectivity index (χ4v) is 3.36. The van der Waals surface area contributed by atoms with Crippen LogP contribution in [0, 0.1) is 0 Å². The lowest BCUT2D eigenvalue weighted by Gasteiger charge is -2.26. The van der Waals surface area contributed by atoms with Gasteiger partial charge in [0.2, 0.25) is 0 Å². The molecule has 3 rings (SSSR count). The van der Waals surface area contributed by atoms with Crippen molar-refractivity contribution in [2.45, 2.75) is 57.0 Å². The third-order valence-electron chi connectivity index (χ3n) is 4.26. The van der Waals surface area contributed by atoms with E-state index in [4.69, 9.17) is 0 Å². The molecule has 2 nitrogen and oxygen atoms in total. The second kappa shape index (κ2) is 5.23. The number of hydrogen-bond acceptors (Lipinski definition) is 2. The lowest BCUT2D eigenvalue weighted by atomic mass is 9.80. The number of rotatable bonds is 1. The number of hydrogen-bond donors (Lipinski definition) is 1. The van der Waals surface area contributed by atoms with Crippen molar-refractivity contribution in [2.75, 3.05) is 0 Å². The molecule has 0 saturated heterocycles. The van der Waals surface area contributed by atoms with Crippen LogP contribution in [0.3, 0.4) is 0 Å². The molecule has 2 aliphatic rings. The predicted molar refractivity (Wildman–Crippen MR) is 72.5 cm³/mol. The molecule has 1 aromatic heterocycles. The standard InChI is InChI=1S/C16H21NO/c18-14-8-2-1-5-13(11-14)15-9-3-6-12-7-4-10-17-16(12)15/h4,7,10-11,14-15,18H,1-3,5-6,8-9H2. The lowest BCUT2D eigenvalue weighted by molar-refractivity contribution is 0.210. The number of aryl methyl sites for hydroxylation is 1. The molecule has 18 heavy (non-hydrogen) atoms. The van der Waals surface area contributed by atoms with Crippen LogP contribution in [0.4, 0.5) is 0 Å². The molecule has 1 N–H and O–H groups in total. The van der Waals surface area contributed by atoms with E-state index >= 15 is 0 Å². The number of aromatic nitrogens is 1. The van der Waals surface area contributed by atoms with Crippen molar-refractivity contribution in [3.05, 3.63) is 41.2 Å². The van der Waals surface area contributed by atoms with E-state index < -0.39 is 0 Å². The Morgan fingerprint density at radius 3 is 3.00 bits per heavy atom. The molecule has 96 valence electrons. The maximum atomic E-state index is 9.94. The number of nitrogens with zero attached hydrogens (tertiary/aromatic N) is 1. The van der Waals surface area contributed by atoms with Crippen LogP contribution < -0.4 is 0 Å². The first-order chi connectivity index (χ1) is 8.84. The van der Waals surface area contributed by atoms with Crippen LogP contribution in [0.15, 0.2) is 30.0 Å². The summed E-state index contributed by atoms with van der Waals surface area (Å²) in [7, 11) is 0. The summed E-state index contributed by atoms with van der Waals surface area (Å²) in [6.07, 6.45) is 11.8. The summed E-state index contributed by atoms with van der Waals surface area (Å²) < 4.78 is 0. The Balaban J connectivity index is 1.93. The van der Waals surface area contributed by atoms with E-state index in [0.29, 0.717) is 5.92 Å². The highest BCUT2D eigenvalue weighted by Crippen LogP contribution is 2.38. The molecule has 2 unspecified atom stereocenters. The van der Waals surface area contributed by atoms with E-state index in [9.17, 15) is 5.11 Å². The Kier molecular flexibility index (Phi) is 3.46. The summed E-state index contributed by atoms with van der Waals surface area (Å²) in [4.78, 5) is 4.61. The molecule has 0 aliphatic heterocycles. The van der Waals surface area contributed by atoms with Crippen LogP contribution in [0.5, 0.6) is 0 Å². The van der Waals surface area contributed by atoms with Gasteiger partial charge in [-0.15, -0.1) is 0 Å². The van der Waals surface area contributed by atoms with Crippen LogP contribution in [-0.4, -0.2) is 16.2 Å². The number of pyridine rings is 1.